The van der Waals surface area contributed by atoms with Crippen molar-refractivity contribution in [3.8, 4) is 5.69 Å². The summed E-state index contributed by atoms with van der Waals surface area (Å²) in [7, 11) is 4.06. The number of carbonyl (C=O) groups excluding carboxylic acids is 1. The number of benzene rings is 2. The van der Waals surface area contributed by atoms with Gasteiger partial charge in [-0.05, 0) is 92.2 Å². The van der Waals surface area contributed by atoms with E-state index in [1.54, 1.807) is 0 Å². The number of anilines is 1. The lowest BCUT2D eigenvalue weighted by molar-refractivity contribution is -0.115. The topological polar surface area (TPSA) is 49.6 Å². The lowest BCUT2D eigenvalue weighted by Gasteiger charge is -2.14. The van der Waals surface area contributed by atoms with Crippen LogP contribution in [-0.2, 0) is 4.79 Å². The second kappa shape index (κ2) is 8.88. The smallest absolute Gasteiger partial charge is 0.264 e. The van der Waals surface area contributed by atoms with Crippen LogP contribution in [0.3, 0.4) is 0 Å². The summed E-state index contributed by atoms with van der Waals surface area (Å²) in [6, 6.07) is 16.1. The number of aromatic nitrogens is 1. The average molecular weight is 465 g/mol. The zero-order valence-corrected chi connectivity index (χ0v) is 20.3. The first-order valence-electron chi connectivity index (χ1n) is 10.3. The first-order valence-corrected chi connectivity index (χ1v) is 11.5. The fraction of sp³-hybridized carbons (Fsp3) is 0.200. The Morgan fingerprint density at radius 2 is 1.81 bits per heavy atom. The van der Waals surface area contributed by atoms with Gasteiger partial charge in [0.25, 0.3) is 5.91 Å². The van der Waals surface area contributed by atoms with Crippen molar-refractivity contribution in [2.45, 2.75) is 20.8 Å². The fourth-order valence-electron chi connectivity index (χ4n) is 3.68. The molecule has 5 nitrogen and oxygen atoms in total. The molecule has 0 radical (unpaired) electrons. The molecule has 1 aromatic heterocycles. The van der Waals surface area contributed by atoms with Gasteiger partial charge in [0.2, 0.25) is 0 Å². The maximum absolute atomic E-state index is 12.6. The third kappa shape index (κ3) is 4.33. The molecule has 0 spiro atoms. The fourth-order valence-corrected chi connectivity index (χ4v) is 4.67. The number of rotatable bonds is 4. The molecular formula is C25H25ClN4OS. The molecular weight excluding hydrogens is 440 g/mol. The van der Waals surface area contributed by atoms with Gasteiger partial charge >= 0.3 is 0 Å². The van der Waals surface area contributed by atoms with Crippen LogP contribution in [0.2, 0.25) is 5.02 Å². The van der Waals surface area contributed by atoms with Crippen LogP contribution in [0.1, 0.15) is 22.5 Å². The van der Waals surface area contributed by atoms with Crippen LogP contribution >= 0.6 is 23.4 Å². The molecule has 4 rings (SSSR count). The molecule has 7 heteroatoms. The highest BCUT2D eigenvalue weighted by molar-refractivity contribution is 8.18. The molecule has 3 aromatic rings. The van der Waals surface area contributed by atoms with E-state index < -0.39 is 0 Å². The van der Waals surface area contributed by atoms with Crippen LogP contribution in [0, 0.1) is 20.8 Å². The van der Waals surface area contributed by atoms with E-state index in [9.17, 15) is 4.79 Å². The summed E-state index contributed by atoms with van der Waals surface area (Å²) in [5.41, 5.74) is 7.09. The van der Waals surface area contributed by atoms with Gasteiger partial charge in [-0.15, -0.1) is 0 Å². The zero-order valence-electron chi connectivity index (χ0n) is 18.7. The van der Waals surface area contributed by atoms with Crippen molar-refractivity contribution in [3.05, 3.63) is 81.0 Å². The predicted molar refractivity (Wildman–Crippen MR) is 137 cm³/mol. The first kappa shape index (κ1) is 22.2. The van der Waals surface area contributed by atoms with Crippen molar-refractivity contribution in [1.29, 1.82) is 0 Å². The quantitative estimate of drug-likeness (QED) is 0.481. The van der Waals surface area contributed by atoms with Crippen molar-refractivity contribution in [2.75, 3.05) is 19.0 Å². The molecule has 1 saturated heterocycles. The number of hydrogen-bond donors (Lipinski definition) is 1. The summed E-state index contributed by atoms with van der Waals surface area (Å²) in [6.07, 6.45) is 1.93. The van der Waals surface area contributed by atoms with Crippen molar-refractivity contribution in [3.63, 3.8) is 0 Å². The van der Waals surface area contributed by atoms with Gasteiger partial charge in [0.05, 0.1) is 10.6 Å². The Morgan fingerprint density at radius 1 is 1.09 bits per heavy atom. The molecule has 1 aliphatic heterocycles. The van der Waals surface area contributed by atoms with E-state index in [1.165, 1.54) is 11.8 Å². The van der Waals surface area contributed by atoms with Crippen molar-refractivity contribution in [2.24, 2.45) is 4.99 Å². The van der Waals surface area contributed by atoms with Crippen molar-refractivity contribution < 1.29 is 4.79 Å². The first-order chi connectivity index (χ1) is 15.2. The summed E-state index contributed by atoms with van der Waals surface area (Å²) >= 11 is 7.53. The molecule has 0 unspecified atom stereocenters. The zero-order chi connectivity index (χ0) is 23.0. The highest BCUT2D eigenvalue weighted by Gasteiger charge is 2.25. The molecule has 1 amide bonds. The number of hydrogen-bond acceptors (Lipinski definition) is 4. The Labute approximate surface area is 197 Å². The van der Waals surface area contributed by atoms with Gasteiger partial charge < -0.3 is 14.8 Å². The Bertz CT molecular complexity index is 1260. The van der Waals surface area contributed by atoms with E-state index >= 15 is 0 Å². The van der Waals surface area contributed by atoms with Gasteiger partial charge in [-0.25, -0.2) is 4.99 Å². The third-order valence-corrected chi connectivity index (χ3v) is 6.81. The molecule has 1 N–H and O–H groups in total. The SMILES string of the molecule is Cc1c(Cl)cccc1N=C1NC(=O)/C(=C\c2cc(C)n(-c3ccc(N(C)C)cc3)c2C)S1. The molecule has 164 valence electrons. The standard InChI is InChI=1S/C25H25ClN4OS/c1-15-13-18(17(3)30(15)20-11-9-19(10-12-20)29(4)5)14-23-24(31)28-25(32-23)27-22-8-6-7-21(26)16(22)2/h6-14H,1-5H3,(H,27,28,31)/b23-14+. The predicted octanol–water partition coefficient (Wildman–Crippen LogP) is 6.01. The normalized spacial score (nSPS) is 16.1. The van der Waals surface area contributed by atoms with E-state index in [2.05, 4.69) is 64.0 Å². The number of thioether (sulfide) groups is 1. The second-order valence-corrected chi connectivity index (χ2v) is 9.38. The van der Waals surface area contributed by atoms with Crippen LogP contribution in [-0.4, -0.2) is 29.7 Å². The van der Waals surface area contributed by atoms with Crippen molar-refractivity contribution >= 4 is 51.9 Å². The summed E-state index contributed by atoms with van der Waals surface area (Å²) in [5.74, 6) is -0.145. The van der Waals surface area contributed by atoms with Gasteiger partial charge in [0.15, 0.2) is 5.17 Å². The van der Waals surface area contributed by atoms with Crippen LogP contribution in [0.5, 0.6) is 0 Å². The molecule has 0 atom stereocenters. The van der Waals surface area contributed by atoms with E-state index in [1.807, 2.05) is 45.3 Å². The monoisotopic (exact) mass is 464 g/mol. The van der Waals surface area contributed by atoms with Gasteiger partial charge in [-0.2, -0.15) is 0 Å². The molecule has 0 aliphatic carbocycles. The van der Waals surface area contributed by atoms with Crippen molar-refractivity contribution in [1.82, 2.24) is 9.88 Å². The number of amidine groups is 1. The molecule has 0 saturated carbocycles. The molecule has 2 aromatic carbocycles. The minimum atomic E-state index is -0.145. The van der Waals surface area contributed by atoms with Crippen LogP contribution in [0.25, 0.3) is 11.8 Å². The lowest BCUT2D eigenvalue weighted by atomic mass is 10.2. The van der Waals surface area contributed by atoms with E-state index in [0.29, 0.717) is 15.1 Å². The number of aliphatic imine (C=N–C) groups is 1. The van der Waals surface area contributed by atoms with E-state index in [-0.39, 0.29) is 5.91 Å². The number of carbonyl (C=O) groups is 1. The van der Waals surface area contributed by atoms with Gasteiger partial charge in [-0.3, -0.25) is 4.79 Å². The summed E-state index contributed by atoms with van der Waals surface area (Å²) in [4.78, 5) is 19.9. The van der Waals surface area contributed by atoms with Gasteiger partial charge in [0, 0.05) is 41.9 Å². The molecule has 1 fully saturated rings. The maximum Gasteiger partial charge on any atom is 0.264 e. The minimum absolute atomic E-state index is 0.145. The Balaban J connectivity index is 1.63. The highest BCUT2D eigenvalue weighted by Crippen LogP contribution is 2.32. The Kier molecular flexibility index (Phi) is 6.17. The number of aryl methyl sites for hydroxylation is 1. The largest absolute Gasteiger partial charge is 0.378 e. The summed E-state index contributed by atoms with van der Waals surface area (Å²) in [5, 5.41) is 4.07. The van der Waals surface area contributed by atoms with E-state index in [0.717, 1.165) is 39.6 Å². The Hall–Kier alpha value is -2.96. The molecule has 32 heavy (non-hydrogen) atoms. The average Bonchev–Trinajstić information content (AvgIpc) is 3.23. The summed E-state index contributed by atoms with van der Waals surface area (Å²) in [6.45, 7) is 6.06. The molecule has 2 heterocycles. The minimum Gasteiger partial charge on any atom is -0.378 e. The third-order valence-electron chi connectivity index (χ3n) is 5.49. The van der Waals surface area contributed by atoms with E-state index in [4.69, 9.17) is 11.6 Å². The van der Waals surface area contributed by atoms with Crippen LogP contribution in [0.15, 0.2) is 58.4 Å². The maximum atomic E-state index is 12.6. The summed E-state index contributed by atoms with van der Waals surface area (Å²) < 4.78 is 2.20. The van der Waals surface area contributed by atoms with Gasteiger partial charge in [0.1, 0.15) is 0 Å². The van der Waals surface area contributed by atoms with Crippen LogP contribution < -0.4 is 10.2 Å². The Morgan fingerprint density at radius 3 is 2.50 bits per heavy atom. The lowest BCUT2D eigenvalue weighted by Crippen LogP contribution is -2.19. The molecule has 1 aliphatic rings. The molecule has 0 bridgehead atoms. The number of amides is 1. The number of nitrogens with one attached hydrogen (secondary N) is 1. The van der Waals surface area contributed by atoms with Gasteiger partial charge in [-0.1, -0.05) is 17.7 Å². The number of nitrogens with zero attached hydrogens (tertiary/aromatic N) is 3. The number of halogens is 1. The highest BCUT2D eigenvalue weighted by atomic mass is 35.5. The van der Waals surface area contributed by atoms with Crippen LogP contribution in [0.4, 0.5) is 11.4 Å². The second-order valence-electron chi connectivity index (χ2n) is 7.94.